The van der Waals surface area contributed by atoms with E-state index in [2.05, 4.69) is 0 Å². The van der Waals surface area contributed by atoms with Gasteiger partial charge >= 0.3 is 8.03 Å². The van der Waals surface area contributed by atoms with Gasteiger partial charge in [0.15, 0.2) is 0 Å². The summed E-state index contributed by atoms with van der Waals surface area (Å²) in [6.45, 7) is 2.33. The van der Waals surface area contributed by atoms with Gasteiger partial charge in [0, 0.05) is 5.56 Å². The minimum Gasteiger partial charge on any atom is -0.141 e. The molecule has 18 heavy (non-hydrogen) atoms. The summed E-state index contributed by atoms with van der Waals surface area (Å²) < 4.78 is 17.5. The topological polar surface area (TPSA) is 26.3 Å². The molecule has 0 fully saturated rings. The molecule has 0 aliphatic rings. The van der Waals surface area contributed by atoms with E-state index < -0.39 is 8.03 Å². The number of hydrogen-bond acceptors (Lipinski definition) is 2. The van der Waals surface area contributed by atoms with Gasteiger partial charge < -0.3 is 0 Å². The van der Waals surface area contributed by atoms with Crippen LogP contribution in [-0.2, 0) is 15.7 Å². The number of rotatable bonds is 5. The lowest BCUT2D eigenvalue weighted by Gasteiger charge is -2.00. The first kappa shape index (κ1) is 12.9. The van der Waals surface area contributed by atoms with E-state index in [1.54, 1.807) is 0 Å². The fraction of sp³-hybridized carbons (Fsp3) is 0.200. The first-order valence-electron chi connectivity index (χ1n) is 5.95. The molecule has 0 radical (unpaired) electrons. The second-order valence-electron chi connectivity index (χ2n) is 4.13. The van der Waals surface area contributed by atoms with Crippen molar-refractivity contribution in [3.05, 3.63) is 71.8 Å². The molecule has 0 bridgehead atoms. The van der Waals surface area contributed by atoms with Crippen LogP contribution in [0.15, 0.2) is 60.7 Å². The zero-order chi connectivity index (χ0) is 12.8. The van der Waals surface area contributed by atoms with Crippen molar-refractivity contribution >= 4 is 8.03 Å². The number of hydrogen-bond donors (Lipinski definition) is 0. The van der Waals surface area contributed by atoms with Gasteiger partial charge in [0.25, 0.3) is 0 Å². The lowest BCUT2D eigenvalue weighted by Crippen LogP contribution is -1.91. The molecule has 0 N–H and O–H groups in total. The summed E-state index contributed by atoms with van der Waals surface area (Å²) in [5.74, 6) is 0. The van der Waals surface area contributed by atoms with E-state index in [4.69, 9.17) is 4.52 Å². The van der Waals surface area contributed by atoms with E-state index in [9.17, 15) is 4.57 Å². The van der Waals surface area contributed by atoms with Crippen LogP contribution in [-0.4, -0.2) is 0 Å². The Bertz CT molecular complexity index is 496. The smallest absolute Gasteiger partial charge is 0.141 e. The Hall–Kier alpha value is -1.50. The third kappa shape index (κ3) is 3.49. The van der Waals surface area contributed by atoms with E-state index >= 15 is 0 Å². The van der Waals surface area contributed by atoms with Crippen LogP contribution in [0, 0.1) is 0 Å². The maximum atomic E-state index is 12.0. The van der Waals surface area contributed by atoms with Crippen molar-refractivity contribution in [2.24, 2.45) is 0 Å². The van der Waals surface area contributed by atoms with Crippen molar-refractivity contribution in [2.75, 3.05) is 0 Å². The minimum atomic E-state index is -1.69. The highest BCUT2D eigenvalue weighted by atomic mass is 31.1. The molecule has 3 heteroatoms. The molecular weight excluding hydrogens is 243 g/mol. The third-order valence-corrected chi connectivity index (χ3v) is 4.11. The highest BCUT2D eigenvalue weighted by Crippen LogP contribution is 2.42. The highest BCUT2D eigenvalue weighted by Gasteiger charge is 2.29. The third-order valence-electron chi connectivity index (χ3n) is 2.80. The molecule has 0 aromatic heterocycles. The molecule has 2 atom stereocenters. The Balaban J connectivity index is 1.93. The summed E-state index contributed by atoms with van der Waals surface area (Å²) in [4.78, 5) is 0. The van der Waals surface area contributed by atoms with E-state index in [0.29, 0.717) is 6.61 Å². The fourth-order valence-electron chi connectivity index (χ4n) is 1.68. The molecule has 2 aromatic rings. The van der Waals surface area contributed by atoms with Crippen LogP contribution in [0.25, 0.3) is 0 Å². The molecule has 2 aromatic carbocycles. The first-order chi connectivity index (χ1) is 8.77. The minimum absolute atomic E-state index is 0.0788. The first-order valence-corrected chi connectivity index (χ1v) is 7.20. The molecular formula is C15H16O2P+. The summed E-state index contributed by atoms with van der Waals surface area (Å²) in [7, 11) is -1.69. The highest BCUT2D eigenvalue weighted by molar-refractivity contribution is 7.39. The predicted octanol–water partition coefficient (Wildman–Crippen LogP) is 4.71. The normalized spacial score (nSPS) is 13.1. The van der Waals surface area contributed by atoms with Crippen molar-refractivity contribution in [2.45, 2.75) is 19.2 Å². The molecule has 0 amide bonds. The summed E-state index contributed by atoms with van der Waals surface area (Å²) in [6.07, 6.45) is 0. The van der Waals surface area contributed by atoms with Crippen molar-refractivity contribution in [1.29, 1.82) is 0 Å². The van der Waals surface area contributed by atoms with Gasteiger partial charge in [0.05, 0.1) is 0 Å². The van der Waals surface area contributed by atoms with Crippen LogP contribution >= 0.6 is 8.03 Å². The van der Waals surface area contributed by atoms with Crippen LogP contribution < -0.4 is 0 Å². The predicted molar refractivity (Wildman–Crippen MR) is 73.7 cm³/mol. The molecule has 0 saturated carbocycles. The Morgan fingerprint density at radius 3 is 2.17 bits per heavy atom. The van der Waals surface area contributed by atoms with Crippen molar-refractivity contribution in [1.82, 2.24) is 0 Å². The van der Waals surface area contributed by atoms with E-state index in [0.717, 1.165) is 11.1 Å². The Labute approximate surface area is 108 Å². The second-order valence-corrected chi connectivity index (χ2v) is 5.73. The van der Waals surface area contributed by atoms with E-state index in [-0.39, 0.29) is 5.66 Å². The van der Waals surface area contributed by atoms with Gasteiger partial charge in [-0.1, -0.05) is 60.7 Å². The van der Waals surface area contributed by atoms with Gasteiger partial charge in [-0.15, -0.1) is 4.52 Å². The molecule has 92 valence electrons. The molecule has 2 rings (SSSR count). The van der Waals surface area contributed by atoms with Gasteiger partial charge in [-0.3, -0.25) is 0 Å². The largest absolute Gasteiger partial charge is 0.516 e. The lowest BCUT2D eigenvalue weighted by molar-refractivity contribution is 0.314. The average Bonchev–Trinajstić information content (AvgIpc) is 2.46. The van der Waals surface area contributed by atoms with Crippen LogP contribution in [0.2, 0.25) is 0 Å². The Kier molecular flexibility index (Phi) is 4.63. The van der Waals surface area contributed by atoms with E-state index in [1.165, 1.54) is 0 Å². The van der Waals surface area contributed by atoms with Crippen molar-refractivity contribution < 1.29 is 9.09 Å². The molecule has 2 unspecified atom stereocenters. The van der Waals surface area contributed by atoms with Crippen LogP contribution in [0.5, 0.6) is 0 Å². The van der Waals surface area contributed by atoms with Gasteiger partial charge in [-0.25, -0.2) is 0 Å². The Morgan fingerprint density at radius 2 is 1.56 bits per heavy atom. The molecule has 0 aliphatic heterocycles. The fourth-order valence-corrected chi connectivity index (χ4v) is 2.59. The second kappa shape index (κ2) is 6.44. The molecule has 0 heterocycles. The maximum absolute atomic E-state index is 12.0. The van der Waals surface area contributed by atoms with Gasteiger partial charge in [-0.05, 0) is 17.1 Å². The quantitative estimate of drug-likeness (QED) is 0.727. The lowest BCUT2D eigenvalue weighted by atomic mass is 10.2. The van der Waals surface area contributed by atoms with E-state index in [1.807, 2.05) is 67.6 Å². The standard InChI is InChI=1S/C15H16O2P/c1-13(15-10-6-3-7-11-15)18(16)17-12-14-8-4-2-5-9-14/h2-11,13H,12H2,1H3/q+1. The molecule has 2 nitrogen and oxygen atoms in total. The zero-order valence-corrected chi connectivity index (χ0v) is 11.2. The molecule has 0 aliphatic carbocycles. The van der Waals surface area contributed by atoms with Crippen LogP contribution in [0.3, 0.4) is 0 Å². The molecule has 0 saturated heterocycles. The monoisotopic (exact) mass is 259 g/mol. The summed E-state index contributed by atoms with van der Waals surface area (Å²) >= 11 is 0. The maximum Gasteiger partial charge on any atom is 0.516 e. The van der Waals surface area contributed by atoms with Crippen LogP contribution in [0.1, 0.15) is 23.7 Å². The van der Waals surface area contributed by atoms with Gasteiger partial charge in [0.2, 0.25) is 5.66 Å². The van der Waals surface area contributed by atoms with Crippen molar-refractivity contribution in [3.8, 4) is 0 Å². The van der Waals surface area contributed by atoms with Crippen molar-refractivity contribution in [3.63, 3.8) is 0 Å². The SMILES string of the molecule is CC(c1ccccc1)[P+](=O)OCc1ccccc1. The summed E-state index contributed by atoms with van der Waals surface area (Å²) in [6, 6.07) is 19.6. The van der Waals surface area contributed by atoms with Gasteiger partial charge in [-0.2, -0.15) is 0 Å². The summed E-state index contributed by atoms with van der Waals surface area (Å²) in [5, 5.41) is 0. The Morgan fingerprint density at radius 1 is 1.00 bits per heavy atom. The number of benzene rings is 2. The van der Waals surface area contributed by atoms with Crippen LogP contribution in [0.4, 0.5) is 0 Å². The van der Waals surface area contributed by atoms with Gasteiger partial charge in [0.1, 0.15) is 6.61 Å². The molecule has 0 spiro atoms. The summed E-state index contributed by atoms with van der Waals surface area (Å²) in [5.41, 5.74) is 2.01. The zero-order valence-electron chi connectivity index (χ0n) is 10.3. The average molecular weight is 259 g/mol.